The molecule has 1 unspecified atom stereocenters. The van der Waals surface area contributed by atoms with Crippen LogP contribution in [0, 0.1) is 0 Å². The number of anilines is 2. The molecule has 1 aliphatic heterocycles. The number of hydrogen-bond donors (Lipinski definition) is 1. The number of carbonyl (C=O) groups is 1. The summed E-state index contributed by atoms with van der Waals surface area (Å²) in [7, 11) is 1.84. The Labute approximate surface area is 192 Å². The lowest BCUT2D eigenvalue weighted by molar-refractivity contribution is -0.117. The Balaban J connectivity index is 1.32. The molecule has 4 rings (SSSR count). The Kier molecular flexibility index (Phi) is 7.04. The van der Waals surface area contributed by atoms with Gasteiger partial charge in [-0.1, -0.05) is 17.7 Å². The number of rotatable bonds is 7. The molecule has 0 bridgehead atoms. The zero-order valence-corrected chi connectivity index (χ0v) is 18.9. The summed E-state index contributed by atoms with van der Waals surface area (Å²) in [6.07, 6.45) is 0. The standard InChI is InChI=1S/C23H26ClN5O3/c1-16(22-26-27-23(32-22)17-4-3-5-18(24)14-17)28(2)15-21(30)25-19-6-8-20(9-7-19)29-10-12-31-13-11-29/h3-9,14,16H,10-13,15H2,1-2H3,(H,25,30). The number of benzene rings is 2. The molecule has 1 aromatic heterocycles. The van der Waals surface area contributed by atoms with Crippen molar-refractivity contribution in [1.29, 1.82) is 0 Å². The van der Waals surface area contributed by atoms with E-state index in [-0.39, 0.29) is 18.5 Å². The van der Waals surface area contributed by atoms with Gasteiger partial charge in [0.1, 0.15) is 0 Å². The second-order valence-corrected chi connectivity index (χ2v) is 8.18. The molecule has 0 saturated carbocycles. The normalized spacial score (nSPS) is 15.1. The molecule has 1 N–H and O–H groups in total. The van der Waals surface area contributed by atoms with Crippen LogP contribution >= 0.6 is 11.6 Å². The summed E-state index contributed by atoms with van der Waals surface area (Å²) in [4.78, 5) is 16.7. The number of aromatic nitrogens is 2. The topological polar surface area (TPSA) is 83.7 Å². The van der Waals surface area contributed by atoms with Gasteiger partial charge in [-0.2, -0.15) is 0 Å². The fraction of sp³-hybridized carbons (Fsp3) is 0.348. The quantitative estimate of drug-likeness (QED) is 0.579. The van der Waals surface area contributed by atoms with Crippen LogP contribution in [0.2, 0.25) is 5.02 Å². The van der Waals surface area contributed by atoms with Gasteiger partial charge < -0.3 is 19.4 Å². The third-order valence-electron chi connectivity index (χ3n) is 5.45. The van der Waals surface area contributed by atoms with Crippen molar-refractivity contribution < 1.29 is 13.9 Å². The van der Waals surface area contributed by atoms with Gasteiger partial charge in [0.2, 0.25) is 17.7 Å². The zero-order chi connectivity index (χ0) is 22.5. The smallest absolute Gasteiger partial charge is 0.247 e. The minimum atomic E-state index is -0.232. The summed E-state index contributed by atoms with van der Waals surface area (Å²) in [6, 6.07) is 14.9. The average Bonchev–Trinajstić information content (AvgIpc) is 3.30. The summed E-state index contributed by atoms with van der Waals surface area (Å²) in [5.41, 5.74) is 2.64. The minimum Gasteiger partial charge on any atom is -0.419 e. The van der Waals surface area contributed by atoms with Crippen LogP contribution in [0.3, 0.4) is 0 Å². The molecule has 0 aliphatic carbocycles. The van der Waals surface area contributed by atoms with Crippen LogP contribution in [0.5, 0.6) is 0 Å². The van der Waals surface area contributed by atoms with Gasteiger partial charge in [0.15, 0.2) is 0 Å². The molecule has 1 amide bonds. The Bertz CT molecular complexity index is 1050. The van der Waals surface area contributed by atoms with Gasteiger partial charge in [0.05, 0.1) is 25.8 Å². The van der Waals surface area contributed by atoms with Crippen LogP contribution in [0.25, 0.3) is 11.5 Å². The molecule has 168 valence electrons. The van der Waals surface area contributed by atoms with Crippen molar-refractivity contribution in [2.45, 2.75) is 13.0 Å². The van der Waals surface area contributed by atoms with Gasteiger partial charge in [-0.15, -0.1) is 10.2 Å². The number of likely N-dealkylation sites (N-methyl/N-ethyl adjacent to an activating group) is 1. The van der Waals surface area contributed by atoms with Crippen molar-refractivity contribution in [3.05, 3.63) is 59.4 Å². The van der Waals surface area contributed by atoms with Gasteiger partial charge in [0, 0.05) is 35.1 Å². The monoisotopic (exact) mass is 455 g/mol. The van der Waals surface area contributed by atoms with Crippen molar-refractivity contribution in [2.24, 2.45) is 0 Å². The Morgan fingerprint density at radius 3 is 2.66 bits per heavy atom. The van der Waals surface area contributed by atoms with Crippen molar-refractivity contribution >= 4 is 28.9 Å². The first-order valence-electron chi connectivity index (χ1n) is 10.5. The predicted octanol–water partition coefficient (Wildman–Crippen LogP) is 3.86. The predicted molar refractivity (Wildman–Crippen MR) is 124 cm³/mol. The lowest BCUT2D eigenvalue weighted by Gasteiger charge is -2.29. The maximum Gasteiger partial charge on any atom is 0.247 e. The fourth-order valence-corrected chi connectivity index (χ4v) is 3.66. The van der Waals surface area contributed by atoms with Gasteiger partial charge in [-0.25, -0.2) is 0 Å². The van der Waals surface area contributed by atoms with Crippen LogP contribution in [0.15, 0.2) is 52.9 Å². The molecule has 1 fully saturated rings. The molecule has 2 heterocycles. The highest BCUT2D eigenvalue weighted by molar-refractivity contribution is 6.30. The van der Waals surface area contributed by atoms with E-state index in [1.54, 1.807) is 12.1 Å². The molecule has 9 heteroatoms. The van der Waals surface area contributed by atoms with Gasteiger partial charge >= 0.3 is 0 Å². The molecule has 32 heavy (non-hydrogen) atoms. The first-order chi connectivity index (χ1) is 15.5. The highest BCUT2D eigenvalue weighted by atomic mass is 35.5. The number of carbonyl (C=O) groups excluding carboxylic acids is 1. The van der Waals surface area contributed by atoms with E-state index in [4.69, 9.17) is 20.8 Å². The minimum absolute atomic E-state index is 0.118. The highest BCUT2D eigenvalue weighted by Gasteiger charge is 2.21. The molecule has 1 atom stereocenters. The van der Waals surface area contributed by atoms with E-state index < -0.39 is 0 Å². The Morgan fingerprint density at radius 2 is 1.94 bits per heavy atom. The van der Waals surface area contributed by atoms with Crippen LogP contribution in [0.1, 0.15) is 18.9 Å². The summed E-state index contributed by atoms with van der Waals surface area (Å²) >= 11 is 6.04. The van der Waals surface area contributed by atoms with Crippen LogP contribution in [-0.2, 0) is 9.53 Å². The number of nitrogens with one attached hydrogen (secondary N) is 1. The molecule has 0 radical (unpaired) electrons. The lowest BCUT2D eigenvalue weighted by Crippen LogP contribution is -2.36. The lowest BCUT2D eigenvalue weighted by atomic mass is 10.2. The van der Waals surface area contributed by atoms with Crippen LogP contribution < -0.4 is 10.2 Å². The zero-order valence-electron chi connectivity index (χ0n) is 18.1. The summed E-state index contributed by atoms with van der Waals surface area (Å²) in [5.74, 6) is 0.714. The van der Waals surface area contributed by atoms with E-state index in [1.165, 1.54) is 0 Å². The van der Waals surface area contributed by atoms with Crippen LogP contribution in [-0.4, -0.2) is 60.9 Å². The van der Waals surface area contributed by atoms with E-state index in [2.05, 4.69) is 20.4 Å². The second kappa shape index (κ2) is 10.1. The number of ether oxygens (including phenoxy) is 1. The number of nitrogens with zero attached hydrogens (tertiary/aromatic N) is 4. The van der Waals surface area contributed by atoms with E-state index in [9.17, 15) is 4.79 Å². The maximum absolute atomic E-state index is 12.5. The van der Waals surface area contributed by atoms with Crippen molar-refractivity contribution in [3.8, 4) is 11.5 Å². The van der Waals surface area contributed by atoms with E-state index in [1.807, 2.05) is 55.3 Å². The van der Waals surface area contributed by atoms with Gasteiger partial charge in [0.25, 0.3) is 0 Å². The Hall–Kier alpha value is -2.94. The SMILES string of the molecule is CC(c1nnc(-c2cccc(Cl)c2)o1)N(C)CC(=O)Nc1ccc(N2CCOCC2)cc1. The first-order valence-corrected chi connectivity index (χ1v) is 10.9. The average molecular weight is 456 g/mol. The largest absolute Gasteiger partial charge is 0.419 e. The molecule has 8 nitrogen and oxygen atoms in total. The molecule has 1 aliphatic rings. The Morgan fingerprint density at radius 1 is 1.19 bits per heavy atom. The molecule has 3 aromatic rings. The number of hydrogen-bond acceptors (Lipinski definition) is 7. The fourth-order valence-electron chi connectivity index (χ4n) is 3.47. The number of halogens is 1. The second-order valence-electron chi connectivity index (χ2n) is 7.74. The third kappa shape index (κ3) is 5.45. The molecule has 2 aromatic carbocycles. The van der Waals surface area contributed by atoms with Gasteiger partial charge in [-0.05, 0) is 56.4 Å². The van der Waals surface area contributed by atoms with E-state index in [0.29, 0.717) is 16.8 Å². The highest BCUT2D eigenvalue weighted by Crippen LogP contribution is 2.25. The number of amides is 1. The summed E-state index contributed by atoms with van der Waals surface area (Å²) in [6.45, 7) is 5.33. The van der Waals surface area contributed by atoms with Crippen molar-refractivity contribution in [2.75, 3.05) is 50.1 Å². The van der Waals surface area contributed by atoms with Crippen molar-refractivity contribution in [3.63, 3.8) is 0 Å². The molecular weight excluding hydrogens is 430 g/mol. The summed E-state index contributed by atoms with van der Waals surface area (Å²) < 4.78 is 11.2. The van der Waals surface area contributed by atoms with Crippen LogP contribution in [0.4, 0.5) is 11.4 Å². The molecule has 0 spiro atoms. The maximum atomic E-state index is 12.5. The molecular formula is C23H26ClN5O3. The third-order valence-corrected chi connectivity index (χ3v) is 5.69. The molecule has 1 saturated heterocycles. The number of morpholine rings is 1. The van der Waals surface area contributed by atoms with Gasteiger partial charge in [-0.3, -0.25) is 9.69 Å². The first kappa shape index (κ1) is 22.3. The summed E-state index contributed by atoms with van der Waals surface area (Å²) in [5, 5.41) is 11.8. The van der Waals surface area contributed by atoms with E-state index in [0.717, 1.165) is 43.2 Å². The van der Waals surface area contributed by atoms with E-state index >= 15 is 0 Å². The van der Waals surface area contributed by atoms with Crippen molar-refractivity contribution in [1.82, 2.24) is 15.1 Å².